The fraction of sp³-hybridized carbons (Fsp3) is 0.800. The summed E-state index contributed by atoms with van der Waals surface area (Å²) in [6, 6.07) is 0. The van der Waals surface area contributed by atoms with Crippen LogP contribution in [0.5, 0.6) is 0 Å². The topological polar surface area (TPSA) is 12.5 Å². The second-order valence-electron chi connectivity index (χ2n) is 3.13. The molecule has 12 heavy (non-hydrogen) atoms. The van der Waals surface area contributed by atoms with Crippen LogP contribution in [0.2, 0.25) is 0 Å². The second-order valence-corrected chi connectivity index (χ2v) is 3.13. The van der Waals surface area contributed by atoms with Crippen LogP contribution in [0.3, 0.4) is 0 Å². The van der Waals surface area contributed by atoms with Crippen LogP contribution in [-0.2, 0) is 4.74 Å². The summed E-state index contributed by atoms with van der Waals surface area (Å²) in [5.74, 6) is 1.21. The average Bonchev–Trinajstić information content (AvgIpc) is 2.58. The molecular formula is C10H19NO. The molecule has 0 radical (unpaired) electrons. The lowest BCUT2D eigenvalue weighted by Crippen LogP contribution is -2.21. The van der Waals surface area contributed by atoms with Crippen molar-refractivity contribution in [1.29, 1.82) is 0 Å². The van der Waals surface area contributed by atoms with Gasteiger partial charge in [0.25, 0.3) is 0 Å². The van der Waals surface area contributed by atoms with Crippen LogP contribution in [0.1, 0.15) is 33.6 Å². The van der Waals surface area contributed by atoms with E-state index in [0.29, 0.717) is 0 Å². The first kappa shape index (κ1) is 9.43. The third-order valence-corrected chi connectivity index (χ3v) is 2.47. The maximum absolute atomic E-state index is 5.54. The Morgan fingerprint density at radius 2 is 2.08 bits per heavy atom. The Bertz CT molecular complexity index is 163. The largest absolute Gasteiger partial charge is 0.496 e. The van der Waals surface area contributed by atoms with E-state index in [1.165, 1.54) is 17.9 Å². The molecule has 70 valence electrons. The number of hydrogen-bond donors (Lipinski definition) is 0. The normalized spacial score (nSPS) is 20.6. The maximum atomic E-state index is 5.54. The van der Waals surface area contributed by atoms with E-state index in [4.69, 9.17) is 4.74 Å². The van der Waals surface area contributed by atoms with E-state index in [-0.39, 0.29) is 0 Å². The quantitative estimate of drug-likeness (QED) is 0.643. The zero-order valence-electron chi connectivity index (χ0n) is 8.39. The molecule has 0 aromatic carbocycles. The summed E-state index contributed by atoms with van der Waals surface area (Å²) in [5.41, 5.74) is 1.33. The average molecular weight is 169 g/mol. The lowest BCUT2D eigenvalue weighted by Gasteiger charge is -2.22. The van der Waals surface area contributed by atoms with E-state index < -0.39 is 0 Å². The van der Waals surface area contributed by atoms with Gasteiger partial charge < -0.3 is 9.64 Å². The van der Waals surface area contributed by atoms with Crippen molar-refractivity contribution < 1.29 is 4.74 Å². The Balaban J connectivity index is 2.64. The summed E-state index contributed by atoms with van der Waals surface area (Å²) >= 11 is 0. The molecule has 0 N–H and O–H groups in total. The number of nitrogens with zero attached hydrogens (tertiary/aromatic N) is 1. The highest BCUT2D eigenvalue weighted by Gasteiger charge is 2.13. The Labute approximate surface area is 75.2 Å². The van der Waals surface area contributed by atoms with Crippen LogP contribution in [0, 0.1) is 0 Å². The molecule has 1 aliphatic rings. The van der Waals surface area contributed by atoms with Gasteiger partial charge in [-0.05, 0) is 27.2 Å². The predicted octanol–water partition coefficient (Wildman–Crippen LogP) is 2.37. The van der Waals surface area contributed by atoms with Gasteiger partial charge in [0.2, 0.25) is 0 Å². The van der Waals surface area contributed by atoms with E-state index in [0.717, 1.165) is 26.1 Å². The predicted molar refractivity (Wildman–Crippen MR) is 50.8 cm³/mol. The van der Waals surface area contributed by atoms with Gasteiger partial charge in [0, 0.05) is 25.2 Å². The lowest BCUT2D eigenvalue weighted by atomic mass is 10.2. The van der Waals surface area contributed by atoms with Gasteiger partial charge in [0.05, 0.1) is 6.61 Å². The van der Waals surface area contributed by atoms with E-state index in [2.05, 4.69) is 25.7 Å². The highest BCUT2D eigenvalue weighted by atomic mass is 16.5. The molecule has 0 amide bonds. The van der Waals surface area contributed by atoms with Crippen molar-refractivity contribution in [2.24, 2.45) is 0 Å². The molecule has 0 aromatic heterocycles. The van der Waals surface area contributed by atoms with Crippen molar-refractivity contribution in [1.82, 2.24) is 4.90 Å². The first-order valence-electron chi connectivity index (χ1n) is 4.87. The summed E-state index contributed by atoms with van der Waals surface area (Å²) in [6.07, 6.45) is 2.32. The fourth-order valence-electron chi connectivity index (χ4n) is 1.66. The van der Waals surface area contributed by atoms with Gasteiger partial charge in [-0.2, -0.15) is 0 Å². The van der Waals surface area contributed by atoms with E-state index in [9.17, 15) is 0 Å². The van der Waals surface area contributed by atoms with Crippen LogP contribution in [0.15, 0.2) is 11.5 Å². The second kappa shape index (κ2) is 4.39. The summed E-state index contributed by atoms with van der Waals surface area (Å²) in [5, 5.41) is 0. The molecule has 1 rings (SSSR count). The Morgan fingerprint density at radius 1 is 1.42 bits per heavy atom. The van der Waals surface area contributed by atoms with E-state index in [1.54, 1.807) is 0 Å². The molecule has 0 saturated carbocycles. The molecule has 0 unspecified atom stereocenters. The van der Waals surface area contributed by atoms with E-state index in [1.807, 2.05) is 0 Å². The molecule has 0 bridgehead atoms. The maximum Gasteiger partial charge on any atom is 0.115 e. The third kappa shape index (κ3) is 1.93. The highest BCUT2D eigenvalue weighted by Crippen LogP contribution is 2.21. The van der Waals surface area contributed by atoms with Gasteiger partial charge in [-0.1, -0.05) is 0 Å². The van der Waals surface area contributed by atoms with Gasteiger partial charge in [-0.25, -0.2) is 0 Å². The molecule has 0 spiro atoms. The molecule has 1 saturated heterocycles. The van der Waals surface area contributed by atoms with Gasteiger partial charge in [0.1, 0.15) is 5.76 Å². The smallest absolute Gasteiger partial charge is 0.115 e. The standard InChI is InChI=1S/C10H19NO/c1-4-11(5-2)9(3)10-7-6-8-12-10/h4-8H2,1-3H3/b10-9-. The summed E-state index contributed by atoms with van der Waals surface area (Å²) < 4.78 is 5.54. The molecule has 1 heterocycles. The van der Waals surface area contributed by atoms with Gasteiger partial charge in [0.15, 0.2) is 0 Å². The van der Waals surface area contributed by atoms with Crippen molar-refractivity contribution >= 4 is 0 Å². The summed E-state index contributed by atoms with van der Waals surface area (Å²) in [6.45, 7) is 9.59. The lowest BCUT2D eigenvalue weighted by molar-refractivity contribution is 0.241. The van der Waals surface area contributed by atoms with Crippen LogP contribution >= 0.6 is 0 Å². The Hall–Kier alpha value is -0.660. The fourth-order valence-corrected chi connectivity index (χ4v) is 1.66. The van der Waals surface area contributed by atoms with Gasteiger partial charge >= 0.3 is 0 Å². The van der Waals surface area contributed by atoms with Gasteiger partial charge in [-0.3, -0.25) is 0 Å². The van der Waals surface area contributed by atoms with Crippen LogP contribution < -0.4 is 0 Å². The minimum Gasteiger partial charge on any atom is -0.496 e. The molecule has 1 aliphatic heterocycles. The molecular weight excluding hydrogens is 150 g/mol. The molecule has 0 aliphatic carbocycles. The first-order valence-corrected chi connectivity index (χ1v) is 4.87. The van der Waals surface area contributed by atoms with Gasteiger partial charge in [-0.15, -0.1) is 0 Å². The monoisotopic (exact) mass is 169 g/mol. The molecule has 0 atom stereocenters. The third-order valence-electron chi connectivity index (χ3n) is 2.47. The zero-order chi connectivity index (χ0) is 8.97. The number of hydrogen-bond acceptors (Lipinski definition) is 2. The Kier molecular flexibility index (Phi) is 3.45. The minimum absolute atomic E-state index is 0.911. The minimum atomic E-state index is 0.911. The summed E-state index contributed by atoms with van der Waals surface area (Å²) in [4.78, 5) is 2.35. The van der Waals surface area contributed by atoms with Crippen LogP contribution in [-0.4, -0.2) is 24.6 Å². The molecule has 2 heteroatoms. The summed E-state index contributed by atoms with van der Waals surface area (Å²) in [7, 11) is 0. The molecule has 2 nitrogen and oxygen atoms in total. The van der Waals surface area contributed by atoms with Crippen molar-refractivity contribution in [2.45, 2.75) is 33.6 Å². The van der Waals surface area contributed by atoms with Crippen molar-refractivity contribution in [2.75, 3.05) is 19.7 Å². The Morgan fingerprint density at radius 3 is 2.50 bits per heavy atom. The first-order chi connectivity index (χ1) is 5.79. The van der Waals surface area contributed by atoms with Crippen molar-refractivity contribution in [3.63, 3.8) is 0 Å². The van der Waals surface area contributed by atoms with E-state index >= 15 is 0 Å². The zero-order valence-corrected chi connectivity index (χ0v) is 8.39. The van der Waals surface area contributed by atoms with Crippen molar-refractivity contribution in [3.8, 4) is 0 Å². The number of ether oxygens (including phenoxy) is 1. The van der Waals surface area contributed by atoms with Crippen molar-refractivity contribution in [3.05, 3.63) is 11.5 Å². The highest BCUT2D eigenvalue weighted by molar-refractivity contribution is 5.07. The number of rotatable bonds is 3. The van der Waals surface area contributed by atoms with Crippen LogP contribution in [0.4, 0.5) is 0 Å². The number of allylic oxidation sites excluding steroid dienone is 2. The SMILES string of the molecule is CCN(CC)/C(C)=C1/CCCO1. The molecule has 1 fully saturated rings. The van der Waals surface area contributed by atoms with Crippen LogP contribution in [0.25, 0.3) is 0 Å². The molecule has 0 aromatic rings.